The van der Waals surface area contributed by atoms with Crippen LogP contribution in [0.25, 0.3) is 0 Å². The monoisotopic (exact) mass is 463 g/mol. The number of amides is 2. The number of rotatable bonds is 5. The number of benzene rings is 2. The molecule has 2 aromatic carbocycles. The molecule has 1 saturated carbocycles. The van der Waals surface area contributed by atoms with E-state index in [0.29, 0.717) is 12.3 Å². The average Bonchev–Trinajstić information content (AvgIpc) is 3.54. The first-order valence-corrected chi connectivity index (χ1v) is 12.5. The van der Waals surface area contributed by atoms with E-state index in [1.165, 1.54) is 6.07 Å². The standard InChI is InChI=1S/C28H34FN3O2/c1-21-5-2-3-7-23(21)18-26(33)31-11-9-28(10-12-31)19-25(28)27(34)32-15-13-30(14-16-32)20-22-6-4-8-24(29)17-22/h2-8,17,25H,9-16,18-20H2,1H3/t25-/m1/s1. The van der Waals surface area contributed by atoms with Crippen LogP contribution in [0.5, 0.6) is 0 Å². The van der Waals surface area contributed by atoms with Gasteiger partial charge < -0.3 is 9.80 Å². The highest BCUT2D eigenvalue weighted by Gasteiger charge is 2.59. The van der Waals surface area contributed by atoms with E-state index in [1.54, 1.807) is 12.1 Å². The van der Waals surface area contributed by atoms with E-state index in [9.17, 15) is 14.0 Å². The molecule has 180 valence electrons. The predicted octanol–water partition coefficient (Wildman–Crippen LogP) is 3.65. The Balaban J connectivity index is 1.08. The molecule has 5 rings (SSSR count). The molecular formula is C28H34FN3O2. The average molecular weight is 464 g/mol. The number of carbonyl (C=O) groups is 2. The summed E-state index contributed by atoms with van der Waals surface area (Å²) in [4.78, 5) is 32.3. The molecule has 2 amide bonds. The molecule has 2 saturated heterocycles. The van der Waals surface area contributed by atoms with E-state index >= 15 is 0 Å². The summed E-state index contributed by atoms with van der Waals surface area (Å²) in [6, 6.07) is 14.8. The maximum Gasteiger partial charge on any atom is 0.226 e. The molecule has 0 bridgehead atoms. The summed E-state index contributed by atoms with van der Waals surface area (Å²) in [5.41, 5.74) is 3.34. The van der Waals surface area contributed by atoms with Crippen LogP contribution >= 0.6 is 0 Å². The molecule has 3 aliphatic rings. The number of aryl methyl sites for hydroxylation is 1. The predicted molar refractivity (Wildman–Crippen MR) is 129 cm³/mol. The Bertz CT molecular complexity index is 1060. The zero-order valence-corrected chi connectivity index (χ0v) is 20.0. The van der Waals surface area contributed by atoms with Crippen molar-refractivity contribution < 1.29 is 14.0 Å². The second-order valence-electron chi connectivity index (χ2n) is 10.3. The molecule has 0 radical (unpaired) electrons. The molecule has 0 N–H and O–H groups in total. The van der Waals surface area contributed by atoms with Gasteiger partial charge in [-0.1, -0.05) is 36.4 Å². The molecule has 1 atom stereocenters. The third-order valence-electron chi connectivity index (χ3n) is 8.18. The minimum Gasteiger partial charge on any atom is -0.342 e. The van der Waals surface area contributed by atoms with E-state index < -0.39 is 0 Å². The first kappa shape index (κ1) is 23.0. The van der Waals surface area contributed by atoms with Gasteiger partial charge in [-0.2, -0.15) is 0 Å². The fourth-order valence-corrected chi connectivity index (χ4v) is 5.77. The summed E-state index contributed by atoms with van der Waals surface area (Å²) >= 11 is 0. The molecule has 3 fully saturated rings. The van der Waals surface area contributed by atoms with Crippen molar-refractivity contribution in [2.75, 3.05) is 39.3 Å². The minimum atomic E-state index is -0.201. The molecule has 2 aromatic rings. The van der Waals surface area contributed by atoms with E-state index in [1.807, 2.05) is 34.1 Å². The van der Waals surface area contributed by atoms with Crippen LogP contribution in [0.1, 0.15) is 36.0 Å². The second kappa shape index (κ2) is 9.49. The third kappa shape index (κ3) is 4.88. The molecule has 2 heterocycles. The zero-order valence-electron chi connectivity index (χ0n) is 20.0. The number of piperazine rings is 1. The summed E-state index contributed by atoms with van der Waals surface area (Å²) in [5.74, 6) is 0.413. The number of likely N-dealkylation sites (tertiary alicyclic amines) is 1. The van der Waals surface area contributed by atoms with E-state index in [4.69, 9.17) is 0 Å². The number of carbonyl (C=O) groups excluding carboxylic acids is 2. The van der Waals surface area contributed by atoms with E-state index in [-0.39, 0.29) is 23.1 Å². The van der Waals surface area contributed by atoms with Gasteiger partial charge in [0.25, 0.3) is 0 Å². The van der Waals surface area contributed by atoms with Crippen molar-refractivity contribution in [1.29, 1.82) is 0 Å². The van der Waals surface area contributed by atoms with Crippen LogP contribution in [-0.2, 0) is 22.6 Å². The van der Waals surface area contributed by atoms with Gasteiger partial charge in [0, 0.05) is 51.7 Å². The lowest BCUT2D eigenvalue weighted by Crippen LogP contribution is -2.49. The van der Waals surface area contributed by atoms with Crippen LogP contribution in [0.4, 0.5) is 4.39 Å². The van der Waals surface area contributed by atoms with Gasteiger partial charge >= 0.3 is 0 Å². The molecule has 0 unspecified atom stereocenters. The van der Waals surface area contributed by atoms with Gasteiger partial charge in [-0.3, -0.25) is 14.5 Å². The molecule has 2 aliphatic heterocycles. The first-order chi connectivity index (χ1) is 16.4. The van der Waals surface area contributed by atoms with Crippen molar-refractivity contribution in [2.45, 2.75) is 39.2 Å². The molecule has 34 heavy (non-hydrogen) atoms. The smallest absolute Gasteiger partial charge is 0.226 e. The highest BCUT2D eigenvalue weighted by molar-refractivity contribution is 5.83. The first-order valence-electron chi connectivity index (χ1n) is 12.5. The maximum absolute atomic E-state index is 13.4. The summed E-state index contributed by atoms with van der Waals surface area (Å²) in [6.45, 7) is 7.41. The quantitative estimate of drug-likeness (QED) is 0.680. The molecule has 0 aromatic heterocycles. The van der Waals surface area contributed by atoms with Crippen molar-refractivity contribution in [3.8, 4) is 0 Å². The Morgan fingerprint density at radius 3 is 2.38 bits per heavy atom. The lowest BCUT2D eigenvalue weighted by molar-refractivity contribution is -0.136. The van der Waals surface area contributed by atoms with Crippen LogP contribution in [-0.4, -0.2) is 65.8 Å². The SMILES string of the molecule is Cc1ccccc1CC(=O)N1CCC2(CC1)C[C@@H]2C(=O)N1CCN(Cc2cccc(F)c2)CC1. The Hall–Kier alpha value is -2.73. The van der Waals surface area contributed by atoms with Gasteiger partial charge in [-0.05, 0) is 60.4 Å². The Morgan fingerprint density at radius 1 is 0.941 bits per heavy atom. The van der Waals surface area contributed by atoms with Crippen molar-refractivity contribution in [3.05, 3.63) is 71.0 Å². The minimum absolute atomic E-state index is 0.106. The van der Waals surface area contributed by atoms with Gasteiger partial charge in [0.1, 0.15) is 5.82 Å². The highest BCUT2D eigenvalue weighted by Crippen LogP contribution is 2.60. The van der Waals surface area contributed by atoms with E-state index in [0.717, 1.165) is 81.8 Å². The largest absolute Gasteiger partial charge is 0.342 e. The summed E-state index contributed by atoms with van der Waals surface area (Å²) in [6.07, 6.45) is 3.29. The van der Waals surface area contributed by atoms with Crippen LogP contribution < -0.4 is 0 Å². The Kier molecular flexibility index (Phi) is 6.43. The topological polar surface area (TPSA) is 43.9 Å². The Morgan fingerprint density at radius 2 is 1.68 bits per heavy atom. The molecule has 1 spiro atoms. The number of halogens is 1. The molecule has 1 aliphatic carbocycles. The van der Waals surface area contributed by atoms with Gasteiger partial charge in [0.2, 0.25) is 11.8 Å². The number of hydrogen-bond acceptors (Lipinski definition) is 3. The van der Waals surface area contributed by atoms with E-state index in [2.05, 4.69) is 17.9 Å². The molecule has 5 nitrogen and oxygen atoms in total. The lowest BCUT2D eigenvalue weighted by Gasteiger charge is -2.36. The van der Waals surface area contributed by atoms with Gasteiger partial charge in [-0.15, -0.1) is 0 Å². The highest BCUT2D eigenvalue weighted by atomic mass is 19.1. The maximum atomic E-state index is 13.4. The number of hydrogen-bond donors (Lipinski definition) is 0. The van der Waals surface area contributed by atoms with Crippen molar-refractivity contribution >= 4 is 11.8 Å². The fourth-order valence-electron chi connectivity index (χ4n) is 5.77. The van der Waals surface area contributed by atoms with Crippen LogP contribution in [0.15, 0.2) is 48.5 Å². The Labute approximate surface area is 201 Å². The van der Waals surface area contributed by atoms with Gasteiger partial charge in [0.05, 0.1) is 6.42 Å². The fraction of sp³-hybridized carbons (Fsp3) is 0.500. The van der Waals surface area contributed by atoms with Crippen LogP contribution in [0.3, 0.4) is 0 Å². The third-order valence-corrected chi connectivity index (χ3v) is 8.18. The van der Waals surface area contributed by atoms with Gasteiger partial charge in [-0.25, -0.2) is 4.39 Å². The molecular weight excluding hydrogens is 429 g/mol. The van der Waals surface area contributed by atoms with Crippen LogP contribution in [0.2, 0.25) is 0 Å². The lowest BCUT2D eigenvalue weighted by atomic mass is 9.90. The normalized spacial score (nSPS) is 22.1. The summed E-state index contributed by atoms with van der Waals surface area (Å²) in [7, 11) is 0. The number of piperidine rings is 1. The zero-order chi connectivity index (χ0) is 23.7. The summed E-state index contributed by atoms with van der Waals surface area (Å²) < 4.78 is 13.4. The summed E-state index contributed by atoms with van der Waals surface area (Å²) in [5, 5.41) is 0. The molecule has 6 heteroatoms. The van der Waals surface area contributed by atoms with Gasteiger partial charge in [0.15, 0.2) is 0 Å². The van der Waals surface area contributed by atoms with Crippen LogP contribution in [0, 0.1) is 24.1 Å². The van der Waals surface area contributed by atoms with Crippen molar-refractivity contribution in [3.63, 3.8) is 0 Å². The van der Waals surface area contributed by atoms with Crippen molar-refractivity contribution in [1.82, 2.24) is 14.7 Å². The van der Waals surface area contributed by atoms with Crippen molar-refractivity contribution in [2.24, 2.45) is 11.3 Å². The second-order valence-corrected chi connectivity index (χ2v) is 10.3. The number of nitrogens with zero attached hydrogens (tertiary/aromatic N) is 3.